The van der Waals surface area contributed by atoms with Crippen molar-refractivity contribution >= 4 is 33.0 Å². The molecule has 5 heteroatoms. The maximum atomic E-state index is 12.4. The molecule has 1 atom stereocenters. The number of carbonyl (C=O) groups is 1. The normalized spacial score (nSPS) is 11.6. The van der Waals surface area contributed by atoms with Gasteiger partial charge in [-0.05, 0) is 23.6 Å². The molecule has 0 N–H and O–H groups in total. The summed E-state index contributed by atoms with van der Waals surface area (Å²) >= 11 is 4.79. The smallest absolute Gasteiger partial charge is 0.163 e. The molecular formula is C16H11BrN2OS. The molecule has 1 aromatic heterocycles. The lowest BCUT2D eigenvalue weighted by Gasteiger charge is -2.15. The number of Topliss-reactive ketones (excluding diaryl/α,β-unsaturated/α-hetero) is 1. The van der Waals surface area contributed by atoms with Crippen molar-refractivity contribution in [2.45, 2.75) is 12.3 Å². The zero-order valence-corrected chi connectivity index (χ0v) is 13.4. The molecule has 0 aliphatic rings. The molecule has 0 spiro atoms. The van der Waals surface area contributed by atoms with Crippen molar-refractivity contribution in [1.82, 2.24) is 0 Å². The highest BCUT2D eigenvalue weighted by Gasteiger charge is 2.27. The minimum absolute atomic E-state index is 0.0589. The average Bonchev–Trinajstić information content (AvgIpc) is 3.02. The van der Waals surface area contributed by atoms with Gasteiger partial charge in [0.15, 0.2) is 5.78 Å². The van der Waals surface area contributed by atoms with Gasteiger partial charge in [0.05, 0.1) is 12.1 Å². The first kappa shape index (κ1) is 15.4. The Bertz CT molecular complexity index is 681. The van der Waals surface area contributed by atoms with Gasteiger partial charge in [-0.1, -0.05) is 34.1 Å². The first-order chi connectivity index (χ1) is 10.2. The third-order valence-electron chi connectivity index (χ3n) is 3.16. The van der Waals surface area contributed by atoms with E-state index in [2.05, 4.69) is 15.9 Å². The molecule has 21 heavy (non-hydrogen) atoms. The molecule has 2 rings (SSSR count). The minimum atomic E-state index is -0.817. The highest BCUT2D eigenvalue weighted by molar-refractivity contribution is 9.10. The number of carbonyl (C=O) groups excluding carboxylic acids is 1. The number of ketones is 1. The topological polar surface area (TPSA) is 64.7 Å². The van der Waals surface area contributed by atoms with Gasteiger partial charge in [0.1, 0.15) is 5.92 Å². The quantitative estimate of drug-likeness (QED) is 0.737. The predicted octanol–water partition coefficient (Wildman–Crippen LogP) is 4.53. The maximum Gasteiger partial charge on any atom is 0.163 e. The van der Waals surface area contributed by atoms with Crippen LogP contribution in [0, 0.1) is 28.6 Å². The number of thiophene rings is 1. The lowest BCUT2D eigenvalue weighted by molar-refractivity contribution is 0.0971. The van der Waals surface area contributed by atoms with E-state index in [0.717, 1.165) is 9.35 Å². The van der Waals surface area contributed by atoms with Crippen LogP contribution in [0.2, 0.25) is 0 Å². The highest BCUT2D eigenvalue weighted by Crippen LogP contribution is 2.32. The van der Waals surface area contributed by atoms with Crippen molar-refractivity contribution in [2.24, 2.45) is 5.92 Å². The van der Waals surface area contributed by atoms with Gasteiger partial charge >= 0.3 is 0 Å². The summed E-state index contributed by atoms with van der Waals surface area (Å²) in [5.41, 5.74) is 0.592. The van der Waals surface area contributed by atoms with Crippen LogP contribution in [0.3, 0.4) is 0 Å². The molecule has 1 heterocycles. The second-order valence-corrected chi connectivity index (χ2v) is 6.39. The number of nitriles is 2. The zero-order chi connectivity index (χ0) is 15.2. The molecule has 0 amide bonds. The van der Waals surface area contributed by atoms with Gasteiger partial charge in [-0.3, -0.25) is 4.79 Å². The molecule has 2 aromatic rings. The molecule has 0 saturated carbocycles. The molecular weight excluding hydrogens is 348 g/mol. The second kappa shape index (κ2) is 7.17. The van der Waals surface area contributed by atoms with E-state index < -0.39 is 5.92 Å². The van der Waals surface area contributed by atoms with Crippen molar-refractivity contribution in [2.75, 3.05) is 0 Å². The van der Waals surface area contributed by atoms with Crippen molar-refractivity contribution in [3.63, 3.8) is 0 Å². The minimum Gasteiger partial charge on any atom is -0.294 e. The fourth-order valence-corrected chi connectivity index (χ4v) is 3.18. The van der Waals surface area contributed by atoms with Crippen LogP contribution in [0.15, 0.2) is 46.3 Å². The van der Waals surface area contributed by atoms with Gasteiger partial charge in [-0.25, -0.2) is 0 Å². The molecule has 0 radical (unpaired) electrons. The van der Waals surface area contributed by atoms with E-state index in [9.17, 15) is 4.79 Å². The van der Waals surface area contributed by atoms with E-state index >= 15 is 0 Å². The summed E-state index contributed by atoms with van der Waals surface area (Å²) in [6, 6.07) is 14.8. The summed E-state index contributed by atoms with van der Waals surface area (Å²) in [5, 5.41) is 20.1. The van der Waals surface area contributed by atoms with Crippen LogP contribution >= 0.6 is 27.3 Å². The first-order valence-corrected chi connectivity index (χ1v) is 7.94. The van der Waals surface area contributed by atoms with Gasteiger partial charge < -0.3 is 0 Å². The van der Waals surface area contributed by atoms with Crippen LogP contribution in [-0.2, 0) is 0 Å². The average molecular weight is 359 g/mol. The molecule has 1 aromatic carbocycles. The van der Waals surface area contributed by atoms with E-state index in [1.165, 1.54) is 11.3 Å². The zero-order valence-electron chi connectivity index (χ0n) is 11.0. The number of rotatable bonds is 5. The van der Waals surface area contributed by atoms with E-state index in [4.69, 9.17) is 10.5 Å². The van der Waals surface area contributed by atoms with Crippen LogP contribution in [0.4, 0.5) is 0 Å². The SMILES string of the molecule is N#CC(C#N)C(CC(=O)c1ccc(Br)cc1)c1cccs1. The first-order valence-electron chi connectivity index (χ1n) is 6.27. The van der Waals surface area contributed by atoms with Crippen LogP contribution in [0.5, 0.6) is 0 Å². The number of hydrogen-bond donors (Lipinski definition) is 0. The molecule has 3 nitrogen and oxygen atoms in total. The Morgan fingerprint density at radius 2 is 1.86 bits per heavy atom. The Morgan fingerprint density at radius 3 is 2.38 bits per heavy atom. The standard InChI is InChI=1S/C16H11BrN2OS/c17-13-5-3-11(4-6-13)15(20)8-14(12(9-18)10-19)16-2-1-7-21-16/h1-7,12,14H,8H2. The van der Waals surface area contributed by atoms with E-state index in [1.807, 2.05) is 29.7 Å². The summed E-state index contributed by atoms with van der Waals surface area (Å²) in [6.45, 7) is 0. The predicted molar refractivity (Wildman–Crippen MR) is 84.9 cm³/mol. The fraction of sp³-hybridized carbons (Fsp3) is 0.188. The number of hydrogen-bond acceptors (Lipinski definition) is 4. The molecule has 0 bridgehead atoms. The number of benzene rings is 1. The summed E-state index contributed by atoms with van der Waals surface area (Å²) in [4.78, 5) is 13.3. The van der Waals surface area contributed by atoms with Gasteiger partial charge in [-0.15, -0.1) is 11.3 Å². The summed E-state index contributed by atoms with van der Waals surface area (Å²) in [5.74, 6) is -1.25. The van der Waals surface area contributed by atoms with Crippen LogP contribution in [-0.4, -0.2) is 5.78 Å². The molecule has 0 fully saturated rings. The fourth-order valence-electron chi connectivity index (χ4n) is 2.05. The Morgan fingerprint density at radius 1 is 1.19 bits per heavy atom. The Kier molecular flexibility index (Phi) is 5.27. The van der Waals surface area contributed by atoms with Gasteiger partial charge in [0, 0.05) is 27.3 Å². The molecule has 0 aliphatic carbocycles. The summed E-state index contributed by atoms with van der Waals surface area (Å²) in [7, 11) is 0. The van der Waals surface area contributed by atoms with Crippen molar-refractivity contribution in [1.29, 1.82) is 10.5 Å². The van der Waals surface area contributed by atoms with E-state index in [1.54, 1.807) is 24.3 Å². The largest absolute Gasteiger partial charge is 0.294 e. The molecule has 1 unspecified atom stereocenters. The van der Waals surface area contributed by atoms with Gasteiger partial charge in [0.2, 0.25) is 0 Å². The second-order valence-electron chi connectivity index (χ2n) is 4.49. The van der Waals surface area contributed by atoms with Crippen LogP contribution in [0.25, 0.3) is 0 Å². The molecule has 0 saturated heterocycles. The number of halogens is 1. The Balaban J connectivity index is 2.24. The summed E-state index contributed by atoms with van der Waals surface area (Å²) in [6.07, 6.45) is 0.161. The van der Waals surface area contributed by atoms with Crippen LogP contribution in [0.1, 0.15) is 27.6 Å². The summed E-state index contributed by atoms with van der Waals surface area (Å²) < 4.78 is 0.904. The van der Waals surface area contributed by atoms with Crippen molar-refractivity contribution < 1.29 is 4.79 Å². The highest BCUT2D eigenvalue weighted by atomic mass is 79.9. The number of nitrogens with zero attached hydrogens (tertiary/aromatic N) is 2. The van der Waals surface area contributed by atoms with E-state index in [-0.39, 0.29) is 18.1 Å². The van der Waals surface area contributed by atoms with Crippen molar-refractivity contribution in [3.05, 3.63) is 56.7 Å². The van der Waals surface area contributed by atoms with Crippen molar-refractivity contribution in [3.8, 4) is 12.1 Å². The van der Waals surface area contributed by atoms with E-state index in [0.29, 0.717) is 5.56 Å². The molecule has 104 valence electrons. The van der Waals surface area contributed by atoms with Gasteiger partial charge in [0.25, 0.3) is 0 Å². The Hall–Kier alpha value is -1.95. The maximum absolute atomic E-state index is 12.4. The third kappa shape index (κ3) is 3.78. The molecule has 0 aliphatic heterocycles. The lowest BCUT2D eigenvalue weighted by atomic mass is 9.87. The Labute approximate surface area is 135 Å². The third-order valence-corrected chi connectivity index (χ3v) is 4.69. The van der Waals surface area contributed by atoms with Gasteiger partial charge in [-0.2, -0.15) is 10.5 Å². The monoisotopic (exact) mass is 358 g/mol. The lowest BCUT2D eigenvalue weighted by Crippen LogP contribution is -2.14. The van der Waals surface area contributed by atoms with Crippen LogP contribution < -0.4 is 0 Å².